The molecule has 4 unspecified atom stereocenters. The van der Waals surface area contributed by atoms with Crippen molar-refractivity contribution in [3.05, 3.63) is 0 Å². The number of morpholine rings is 1. The Kier molecular flexibility index (Phi) is 16.7. The van der Waals surface area contributed by atoms with E-state index in [-0.39, 0.29) is 41.9 Å². The highest BCUT2D eigenvalue weighted by Gasteiger charge is 2.49. The van der Waals surface area contributed by atoms with Gasteiger partial charge in [-0.25, -0.2) is 0 Å². The Labute approximate surface area is 283 Å². The number of nitrogens with zero attached hydrogens (tertiary/aromatic N) is 2. The van der Waals surface area contributed by atoms with Gasteiger partial charge in [-0.15, -0.1) is 23.5 Å². The Morgan fingerprint density at radius 2 is 1.64 bits per heavy atom. The van der Waals surface area contributed by atoms with E-state index in [0.29, 0.717) is 51.5 Å². The van der Waals surface area contributed by atoms with Crippen molar-refractivity contribution >= 4 is 51.1 Å². The zero-order valence-electron chi connectivity index (χ0n) is 29.6. The van der Waals surface area contributed by atoms with Gasteiger partial charge in [-0.1, -0.05) is 46.8 Å². The quantitative estimate of drug-likeness (QED) is 0.156. The number of thioether (sulfide) groups is 2. The molecule has 1 aliphatic rings. The van der Waals surface area contributed by atoms with Crippen LogP contribution in [0, 0.1) is 34.0 Å². The molecule has 10 heteroatoms. The summed E-state index contributed by atoms with van der Waals surface area (Å²) in [5, 5.41) is 13.6. The van der Waals surface area contributed by atoms with Gasteiger partial charge in [0.25, 0.3) is 0 Å². The second-order valence-electron chi connectivity index (χ2n) is 14.9. The minimum absolute atomic E-state index is 0.0664. The molecule has 1 aliphatic heterocycles. The first-order valence-electron chi connectivity index (χ1n) is 16.3. The van der Waals surface area contributed by atoms with Gasteiger partial charge in [0.1, 0.15) is 3.53 Å². The summed E-state index contributed by atoms with van der Waals surface area (Å²) in [6.45, 7) is 27.1. The van der Waals surface area contributed by atoms with E-state index < -0.39 is 15.6 Å². The number of carbonyl (C=O) groups is 2. The largest absolute Gasteiger partial charge is 0.378 e. The van der Waals surface area contributed by atoms with Crippen LogP contribution < -0.4 is 5.32 Å². The first-order valence-corrected chi connectivity index (χ1v) is 18.5. The molecule has 4 atom stereocenters. The van der Waals surface area contributed by atoms with Crippen LogP contribution in [-0.4, -0.2) is 74.8 Å². The summed E-state index contributed by atoms with van der Waals surface area (Å²) in [6, 6.07) is 2.49. The topological polar surface area (TPSA) is 91.7 Å². The average molecular weight is 672 g/mol. The lowest BCUT2D eigenvalue weighted by Gasteiger charge is -2.45. The van der Waals surface area contributed by atoms with Crippen LogP contribution in [-0.2, 0) is 19.1 Å². The van der Waals surface area contributed by atoms with Gasteiger partial charge in [0.05, 0.1) is 42.3 Å². The number of hydrogen-bond donors (Lipinski definition) is 1. The van der Waals surface area contributed by atoms with Crippen molar-refractivity contribution in [1.29, 1.82) is 5.26 Å². The third-order valence-electron chi connectivity index (χ3n) is 8.90. The molecule has 0 saturated carbocycles. The molecule has 1 N–H and O–H groups in total. The van der Waals surface area contributed by atoms with Gasteiger partial charge in [0.15, 0.2) is 0 Å². The van der Waals surface area contributed by atoms with E-state index >= 15 is 0 Å². The van der Waals surface area contributed by atoms with Gasteiger partial charge in [0, 0.05) is 30.3 Å². The van der Waals surface area contributed by atoms with Crippen molar-refractivity contribution in [3.8, 4) is 6.07 Å². The molecule has 0 aliphatic carbocycles. The zero-order chi connectivity index (χ0) is 33.9. The molecule has 0 aromatic heterocycles. The lowest BCUT2D eigenvalue weighted by atomic mass is 9.60. The zero-order valence-corrected chi connectivity index (χ0v) is 32.1. The number of thiocarbonyl (C=S) groups is 1. The highest BCUT2D eigenvalue weighted by atomic mass is 32.2. The Hall–Kier alpha value is -0.860. The van der Waals surface area contributed by atoms with E-state index in [1.165, 1.54) is 0 Å². The highest BCUT2D eigenvalue weighted by Crippen LogP contribution is 2.50. The predicted molar refractivity (Wildman–Crippen MR) is 191 cm³/mol. The summed E-state index contributed by atoms with van der Waals surface area (Å²) in [7, 11) is 0. The molecule has 1 rings (SSSR count). The molecule has 254 valence electrons. The van der Waals surface area contributed by atoms with Crippen LogP contribution in [0.25, 0.3) is 0 Å². The van der Waals surface area contributed by atoms with E-state index in [2.05, 4.69) is 80.6 Å². The molecule has 0 aromatic carbocycles. The molecule has 0 radical (unpaired) electrons. The molecular weight excluding hydrogens is 611 g/mol. The third kappa shape index (κ3) is 13.5. The van der Waals surface area contributed by atoms with E-state index in [1.807, 2.05) is 18.7 Å². The predicted octanol–water partition coefficient (Wildman–Crippen LogP) is 7.86. The lowest BCUT2D eigenvalue weighted by Crippen LogP contribution is -2.51. The van der Waals surface area contributed by atoms with Gasteiger partial charge >= 0.3 is 0 Å². The maximum absolute atomic E-state index is 14.0. The van der Waals surface area contributed by atoms with Crippen LogP contribution in [0.15, 0.2) is 0 Å². The number of carbonyl (C=O) groups excluding carboxylic acids is 2. The van der Waals surface area contributed by atoms with Crippen LogP contribution in [0.4, 0.5) is 0 Å². The van der Waals surface area contributed by atoms with Crippen LogP contribution in [0.5, 0.6) is 0 Å². The van der Waals surface area contributed by atoms with E-state index in [0.717, 1.165) is 15.7 Å². The Balaban J connectivity index is 3.02. The summed E-state index contributed by atoms with van der Waals surface area (Å²) in [4.78, 5) is 29.1. The van der Waals surface area contributed by atoms with Crippen LogP contribution in [0.2, 0.25) is 0 Å². The Bertz CT molecular complexity index is 989. The maximum atomic E-state index is 14.0. The van der Waals surface area contributed by atoms with Crippen molar-refractivity contribution in [2.75, 3.05) is 32.1 Å². The molecule has 2 amide bonds. The van der Waals surface area contributed by atoms with Crippen molar-refractivity contribution in [2.45, 2.75) is 138 Å². The number of hydrogen-bond acceptors (Lipinski definition) is 8. The first-order chi connectivity index (χ1) is 20.2. The standard InChI is InChI=1S/C34H61N3O4S3/c1-13-43-30(42)44-33(10,11)27(29(39)37-16-18-40-19-17-37)22-31(6,7)34(12,23-35)15-14-28(38)36-25(4)21-32(8,9)41-26(5)20-24(2)3/h24-27H,13-22H2,1-12H3,(H,36,38). The molecule has 0 aromatic rings. The summed E-state index contributed by atoms with van der Waals surface area (Å²) in [5.74, 6) is 1.09. The monoisotopic (exact) mass is 671 g/mol. The van der Waals surface area contributed by atoms with Gasteiger partial charge < -0.3 is 19.7 Å². The smallest absolute Gasteiger partial charge is 0.227 e. The molecule has 1 heterocycles. The minimum Gasteiger partial charge on any atom is -0.378 e. The normalized spacial score (nSPS) is 18.2. The highest BCUT2D eigenvalue weighted by molar-refractivity contribution is 8.47. The summed E-state index contributed by atoms with van der Waals surface area (Å²) >= 11 is 8.85. The number of rotatable bonds is 17. The maximum Gasteiger partial charge on any atom is 0.227 e. The Morgan fingerprint density at radius 3 is 2.16 bits per heavy atom. The number of nitriles is 1. The second-order valence-corrected chi connectivity index (χ2v) is 19.0. The van der Waals surface area contributed by atoms with E-state index in [1.54, 1.807) is 23.5 Å². The van der Waals surface area contributed by atoms with Crippen molar-refractivity contribution in [2.24, 2.45) is 22.7 Å². The summed E-state index contributed by atoms with van der Waals surface area (Å²) in [5.41, 5.74) is -1.75. The molecule has 0 bridgehead atoms. The molecular formula is C34H61N3O4S3. The van der Waals surface area contributed by atoms with E-state index in [4.69, 9.17) is 21.7 Å². The number of amides is 2. The fourth-order valence-electron chi connectivity index (χ4n) is 6.15. The third-order valence-corrected chi connectivity index (χ3v) is 11.6. The number of nitrogens with one attached hydrogen (secondary N) is 1. The van der Waals surface area contributed by atoms with Gasteiger partial charge in [-0.3, -0.25) is 9.59 Å². The molecule has 0 spiro atoms. The molecule has 1 saturated heterocycles. The van der Waals surface area contributed by atoms with Gasteiger partial charge in [-0.2, -0.15) is 5.26 Å². The molecule has 7 nitrogen and oxygen atoms in total. The van der Waals surface area contributed by atoms with E-state index in [9.17, 15) is 14.9 Å². The average Bonchev–Trinajstić information content (AvgIpc) is 2.88. The fourth-order valence-corrected chi connectivity index (χ4v) is 9.38. The lowest BCUT2D eigenvalue weighted by molar-refractivity contribution is -0.142. The molecule has 44 heavy (non-hydrogen) atoms. The van der Waals surface area contributed by atoms with Crippen molar-refractivity contribution in [3.63, 3.8) is 0 Å². The molecule has 1 fully saturated rings. The van der Waals surface area contributed by atoms with Gasteiger partial charge in [0.2, 0.25) is 11.8 Å². The Morgan fingerprint density at radius 1 is 1.05 bits per heavy atom. The van der Waals surface area contributed by atoms with Crippen molar-refractivity contribution in [1.82, 2.24) is 10.2 Å². The minimum atomic E-state index is -0.828. The van der Waals surface area contributed by atoms with Crippen LogP contribution >= 0.6 is 35.7 Å². The first kappa shape index (κ1) is 41.2. The summed E-state index contributed by atoms with van der Waals surface area (Å²) < 4.78 is 12.2. The van der Waals surface area contributed by atoms with Crippen LogP contribution in [0.1, 0.15) is 115 Å². The van der Waals surface area contributed by atoms with Crippen LogP contribution in [0.3, 0.4) is 0 Å². The SMILES string of the molecule is CCSC(=S)SC(C)(C)C(CC(C)(C)C(C)(C#N)CCC(=O)NC(C)CC(C)(C)OC(C)CC(C)C)C(=O)N1CCOCC1. The van der Waals surface area contributed by atoms with Gasteiger partial charge in [-0.05, 0) is 91.2 Å². The fraction of sp³-hybridized carbons (Fsp3) is 0.882. The van der Waals surface area contributed by atoms with Crippen molar-refractivity contribution < 1.29 is 19.1 Å². The number of ether oxygens (including phenoxy) is 2. The second kappa shape index (κ2) is 17.9. The summed E-state index contributed by atoms with van der Waals surface area (Å²) in [6.07, 6.45) is 2.97.